The maximum absolute atomic E-state index is 6.27. The number of pyridine rings is 1. The zero-order chi connectivity index (χ0) is 17.1. The molecule has 0 aliphatic carbocycles. The van der Waals surface area contributed by atoms with E-state index in [-0.39, 0.29) is 6.10 Å². The van der Waals surface area contributed by atoms with E-state index < -0.39 is 0 Å². The van der Waals surface area contributed by atoms with E-state index in [2.05, 4.69) is 15.4 Å². The van der Waals surface area contributed by atoms with Gasteiger partial charge in [0.15, 0.2) is 0 Å². The molecule has 7 heteroatoms. The van der Waals surface area contributed by atoms with Gasteiger partial charge in [0.25, 0.3) is 0 Å². The highest BCUT2D eigenvalue weighted by molar-refractivity contribution is 5.65. The van der Waals surface area contributed by atoms with E-state index in [0.717, 1.165) is 49.1 Å². The molecular formula is C18H21N5O2. The Morgan fingerprint density at radius 2 is 2.16 bits per heavy atom. The van der Waals surface area contributed by atoms with Crippen LogP contribution in [0.4, 0.5) is 0 Å². The molecule has 1 aliphatic rings. The van der Waals surface area contributed by atoms with E-state index in [0.29, 0.717) is 11.8 Å². The maximum Gasteiger partial charge on any atom is 0.240 e. The van der Waals surface area contributed by atoms with E-state index >= 15 is 0 Å². The van der Waals surface area contributed by atoms with Crippen LogP contribution in [0.25, 0.3) is 16.8 Å². The first kappa shape index (κ1) is 15.8. The summed E-state index contributed by atoms with van der Waals surface area (Å²) in [5.74, 6) is 1.18. The smallest absolute Gasteiger partial charge is 0.240 e. The van der Waals surface area contributed by atoms with Gasteiger partial charge in [0.05, 0.1) is 25.2 Å². The van der Waals surface area contributed by atoms with Crippen molar-refractivity contribution in [3.8, 4) is 23.0 Å². The molecule has 4 heterocycles. The predicted octanol–water partition coefficient (Wildman–Crippen LogP) is 2.32. The van der Waals surface area contributed by atoms with Crippen LogP contribution in [0.2, 0.25) is 0 Å². The van der Waals surface area contributed by atoms with Gasteiger partial charge in [-0.3, -0.25) is 0 Å². The van der Waals surface area contributed by atoms with Crippen molar-refractivity contribution >= 4 is 5.52 Å². The highest BCUT2D eigenvalue weighted by atomic mass is 16.5. The van der Waals surface area contributed by atoms with Crippen molar-refractivity contribution in [1.29, 1.82) is 0 Å². The van der Waals surface area contributed by atoms with Crippen molar-refractivity contribution < 1.29 is 9.47 Å². The Bertz CT molecular complexity index is 856. The lowest BCUT2D eigenvalue weighted by atomic mass is 10.1. The molecule has 3 aromatic rings. The van der Waals surface area contributed by atoms with Crippen molar-refractivity contribution in [3.05, 3.63) is 36.8 Å². The van der Waals surface area contributed by atoms with Crippen molar-refractivity contribution in [2.75, 3.05) is 20.2 Å². The number of nitrogens with one attached hydrogen (secondary N) is 1. The Morgan fingerprint density at radius 3 is 3.08 bits per heavy atom. The lowest BCUT2D eigenvalue weighted by molar-refractivity contribution is 0.182. The Balaban J connectivity index is 1.71. The summed E-state index contributed by atoms with van der Waals surface area (Å²) in [6.07, 6.45) is 8.66. The van der Waals surface area contributed by atoms with Crippen LogP contribution in [0.3, 0.4) is 0 Å². The molecular weight excluding hydrogens is 318 g/mol. The topological polar surface area (TPSA) is 73.6 Å². The third-order valence-electron chi connectivity index (χ3n) is 4.40. The van der Waals surface area contributed by atoms with Crippen LogP contribution in [0.5, 0.6) is 11.8 Å². The van der Waals surface area contributed by atoms with E-state index in [9.17, 15) is 0 Å². The summed E-state index contributed by atoms with van der Waals surface area (Å²) in [5, 5.41) is 7.76. The van der Waals surface area contributed by atoms with Gasteiger partial charge in [-0.1, -0.05) is 0 Å². The first-order chi connectivity index (χ1) is 12.3. The van der Waals surface area contributed by atoms with Gasteiger partial charge < -0.3 is 14.8 Å². The lowest BCUT2D eigenvalue weighted by Crippen LogP contribution is -2.20. The third-order valence-corrected chi connectivity index (χ3v) is 4.40. The number of ether oxygens (including phenoxy) is 2. The van der Waals surface area contributed by atoms with E-state index in [1.165, 1.54) is 0 Å². The van der Waals surface area contributed by atoms with Gasteiger partial charge in [-0.25, -0.2) is 14.5 Å². The molecule has 1 fully saturated rings. The average Bonchev–Trinajstić information content (AvgIpc) is 2.99. The van der Waals surface area contributed by atoms with Gasteiger partial charge >= 0.3 is 0 Å². The fourth-order valence-electron chi connectivity index (χ4n) is 3.07. The van der Waals surface area contributed by atoms with E-state index in [4.69, 9.17) is 14.5 Å². The second-order valence-electron chi connectivity index (χ2n) is 6.10. The van der Waals surface area contributed by atoms with Gasteiger partial charge in [-0.05, 0) is 44.5 Å². The minimum absolute atomic E-state index is 0.170. The third kappa shape index (κ3) is 3.41. The number of hydrogen-bond acceptors (Lipinski definition) is 6. The first-order valence-corrected chi connectivity index (χ1v) is 8.55. The summed E-state index contributed by atoms with van der Waals surface area (Å²) in [7, 11) is 1.60. The summed E-state index contributed by atoms with van der Waals surface area (Å²) in [4.78, 5) is 8.91. The standard InChI is InChI=1S/C18H21N5O2/c1-24-17-11-13(4-9-20-17)15-12-23-16(6-10-21-23)18(22-15)25-14-3-2-7-19-8-5-14/h4,6,9-12,14,19H,2-3,5,7-8H2,1H3. The van der Waals surface area contributed by atoms with E-state index in [1.54, 1.807) is 24.0 Å². The second kappa shape index (κ2) is 7.06. The SMILES string of the molecule is COc1cc(-c2cn3nccc3c(OC3CCCNCC3)n2)ccn1. The normalized spacial score (nSPS) is 18.0. The van der Waals surface area contributed by atoms with Gasteiger partial charge in [0.1, 0.15) is 11.6 Å². The number of methoxy groups -OCH3 is 1. The molecule has 25 heavy (non-hydrogen) atoms. The molecule has 0 saturated carbocycles. The fourth-order valence-corrected chi connectivity index (χ4v) is 3.07. The summed E-state index contributed by atoms with van der Waals surface area (Å²) in [6.45, 7) is 2.02. The quantitative estimate of drug-likeness (QED) is 0.786. The lowest BCUT2D eigenvalue weighted by Gasteiger charge is -2.17. The molecule has 0 spiro atoms. The number of nitrogens with zero attached hydrogens (tertiary/aromatic N) is 4. The van der Waals surface area contributed by atoms with Gasteiger partial charge in [0, 0.05) is 17.8 Å². The number of aromatic nitrogens is 4. The first-order valence-electron chi connectivity index (χ1n) is 8.55. The summed E-state index contributed by atoms with van der Waals surface area (Å²) >= 11 is 0. The second-order valence-corrected chi connectivity index (χ2v) is 6.10. The number of hydrogen-bond donors (Lipinski definition) is 1. The molecule has 1 aliphatic heterocycles. The molecule has 4 rings (SSSR count). The molecule has 3 aromatic heterocycles. The molecule has 1 saturated heterocycles. The summed E-state index contributed by atoms with van der Waals surface area (Å²) in [5.41, 5.74) is 2.57. The molecule has 0 bridgehead atoms. The largest absolute Gasteiger partial charge is 0.481 e. The molecule has 1 atom stereocenters. The highest BCUT2D eigenvalue weighted by Crippen LogP contribution is 2.27. The Morgan fingerprint density at radius 1 is 1.20 bits per heavy atom. The zero-order valence-electron chi connectivity index (χ0n) is 14.2. The van der Waals surface area contributed by atoms with Crippen LogP contribution >= 0.6 is 0 Å². The fraction of sp³-hybridized carbons (Fsp3) is 0.389. The van der Waals surface area contributed by atoms with Crippen molar-refractivity contribution in [2.45, 2.75) is 25.4 Å². The van der Waals surface area contributed by atoms with E-state index in [1.807, 2.05) is 24.4 Å². The van der Waals surface area contributed by atoms with Crippen LogP contribution in [0, 0.1) is 0 Å². The summed E-state index contributed by atoms with van der Waals surface area (Å²) in [6, 6.07) is 5.69. The van der Waals surface area contributed by atoms with Crippen molar-refractivity contribution in [2.24, 2.45) is 0 Å². The number of fused-ring (bicyclic) bond motifs is 1. The minimum Gasteiger partial charge on any atom is -0.481 e. The molecule has 0 aromatic carbocycles. The maximum atomic E-state index is 6.27. The molecule has 0 radical (unpaired) electrons. The minimum atomic E-state index is 0.170. The summed E-state index contributed by atoms with van der Waals surface area (Å²) < 4.78 is 13.3. The average molecular weight is 339 g/mol. The van der Waals surface area contributed by atoms with Crippen LogP contribution in [0.15, 0.2) is 36.8 Å². The van der Waals surface area contributed by atoms with Gasteiger partial charge in [0.2, 0.25) is 11.8 Å². The monoisotopic (exact) mass is 339 g/mol. The molecule has 1 unspecified atom stereocenters. The molecule has 7 nitrogen and oxygen atoms in total. The zero-order valence-corrected chi connectivity index (χ0v) is 14.2. The Hall–Kier alpha value is -2.67. The molecule has 1 N–H and O–H groups in total. The van der Waals surface area contributed by atoms with Crippen LogP contribution in [0.1, 0.15) is 19.3 Å². The van der Waals surface area contributed by atoms with Crippen molar-refractivity contribution in [1.82, 2.24) is 24.9 Å². The van der Waals surface area contributed by atoms with Gasteiger partial charge in [-0.2, -0.15) is 5.10 Å². The van der Waals surface area contributed by atoms with Gasteiger partial charge in [-0.15, -0.1) is 0 Å². The van der Waals surface area contributed by atoms with Crippen LogP contribution in [-0.4, -0.2) is 45.9 Å². The van der Waals surface area contributed by atoms with Crippen molar-refractivity contribution in [3.63, 3.8) is 0 Å². The molecule has 0 amide bonds. The highest BCUT2D eigenvalue weighted by Gasteiger charge is 2.17. The number of rotatable bonds is 4. The predicted molar refractivity (Wildman–Crippen MR) is 93.9 cm³/mol. The Labute approximate surface area is 146 Å². The Kier molecular flexibility index (Phi) is 4.47. The molecule has 130 valence electrons. The van der Waals surface area contributed by atoms with Crippen LogP contribution in [-0.2, 0) is 0 Å². The van der Waals surface area contributed by atoms with Crippen LogP contribution < -0.4 is 14.8 Å².